The fourth-order valence-corrected chi connectivity index (χ4v) is 2.58. The van der Waals surface area contributed by atoms with Crippen LogP contribution >= 0.6 is 11.8 Å². The molecule has 0 aliphatic heterocycles. The van der Waals surface area contributed by atoms with E-state index in [9.17, 15) is 26.7 Å². The van der Waals surface area contributed by atoms with Crippen molar-refractivity contribution in [2.45, 2.75) is 32.2 Å². The first-order valence-electron chi connectivity index (χ1n) is 6.19. The molecule has 1 rings (SSSR count). The molecule has 22 heavy (non-hydrogen) atoms. The number of ether oxygens (including phenoxy) is 1. The molecule has 124 valence electrons. The molecule has 0 radical (unpaired) electrons. The third kappa shape index (κ3) is 3.88. The van der Waals surface area contributed by atoms with Crippen LogP contribution in [0.4, 0.5) is 22.0 Å². The number of alkyl halides is 5. The van der Waals surface area contributed by atoms with E-state index in [1.807, 2.05) is 0 Å². The number of carbonyl (C=O) groups is 1. The molecule has 1 aromatic rings. The highest BCUT2D eigenvalue weighted by atomic mass is 32.2. The zero-order valence-electron chi connectivity index (χ0n) is 12.1. The number of rotatable bonds is 5. The second-order valence-corrected chi connectivity index (χ2v) is 5.14. The topological polar surface area (TPSA) is 39.2 Å². The number of hydrogen-bond donors (Lipinski definition) is 0. The van der Waals surface area contributed by atoms with Crippen molar-refractivity contribution in [1.29, 1.82) is 0 Å². The van der Waals surface area contributed by atoms with E-state index in [1.54, 1.807) is 6.26 Å². The summed E-state index contributed by atoms with van der Waals surface area (Å²) in [6.45, 7) is 2.50. The van der Waals surface area contributed by atoms with Gasteiger partial charge in [0, 0.05) is 5.75 Å². The number of hydrogen-bond acceptors (Lipinski definition) is 4. The number of halogens is 5. The average molecular weight is 343 g/mol. The van der Waals surface area contributed by atoms with Gasteiger partial charge in [-0.05, 0) is 31.2 Å². The first-order chi connectivity index (χ1) is 10.1. The van der Waals surface area contributed by atoms with Gasteiger partial charge in [-0.15, -0.1) is 0 Å². The van der Waals surface area contributed by atoms with Crippen LogP contribution < -0.4 is 0 Å². The van der Waals surface area contributed by atoms with Gasteiger partial charge in [0.25, 0.3) is 6.43 Å². The highest BCUT2D eigenvalue weighted by Crippen LogP contribution is 2.37. The molecule has 1 heterocycles. The maximum Gasteiger partial charge on any atom is 0.433 e. The van der Waals surface area contributed by atoms with Gasteiger partial charge in [-0.1, -0.05) is 0 Å². The number of aromatic nitrogens is 1. The van der Waals surface area contributed by atoms with Crippen molar-refractivity contribution in [1.82, 2.24) is 4.98 Å². The molecule has 0 spiro atoms. The van der Waals surface area contributed by atoms with Crippen molar-refractivity contribution >= 4 is 17.7 Å². The molecule has 0 N–H and O–H groups in total. The summed E-state index contributed by atoms with van der Waals surface area (Å²) in [7, 11) is 0. The van der Waals surface area contributed by atoms with E-state index in [0.717, 1.165) is 18.7 Å². The van der Waals surface area contributed by atoms with Crippen LogP contribution in [0.5, 0.6) is 0 Å². The third-order valence-electron chi connectivity index (χ3n) is 2.84. The lowest BCUT2D eigenvalue weighted by Gasteiger charge is -2.19. The van der Waals surface area contributed by atoms with Crippen molar-refractivity contribution < 1.29 is 31.5 Å². The molecule has 0 aliphatic carbocycles. The molecular formula is C13H14F5NO2S. The Kier molecular flexibility index (Phi) is 6.16. The van der Waals surface area contributed by atoms with Crippen molar-refractivity contribution in [3.63, 3.8) is 0 Å². The summed E-state index contributed by atoms with van der Waals surface area (Å²) in [4.78, 5) is 14.9. The summed E-state index contributed by atoms with van der Waals surface area (Å²) >= 11 is 1.11. The summed E-state index contributed by atoms with van der Waals surface area (Å²) in [6.07, 6.45) is -6.61. The van der Waals surface area contributed by atoms with Crippen LogP contribution in [0.25, 0.3) is 0 Å². The Morgan fingerprint density at radius 2 is 1.95 bits per heavy atom. The Hall–Kier alpha value is -1.38. The molecule has 0 fully saturated rings. The van der Waals surface area contributed by atoms with Gasteiger partial charge in [0.2, 0.25) is 0 Å². The van der Waals surface area contributed by atoms with E-state index in [-0.39, 0.29) is 23.5 Å². The Morgan fingerprint density at radius 3 is 2.36 bits per heavy atom. The Balaban J connectivity index is 3.72. The Bertz CT molecular complexity index is 560. The van der Waals surface area contributed by atoms with E-state index in [0.29, 0.717) is 0 Å². The van der Waals surface area contributed by atoms with E-state index in [4.69, 9.17) is 0 Å². The Labute approximate surface area is 128 Å². The first kappa shape index (κ1) is 18.7. The van der Waals surface area contributed by atoms with Crippen LogP contribution in [0.15, 0.2) is 0 Å². The minimum Gasteiger partial charge on any atom is -0.462 e. The zero-order chi connectivity index (χ0) is 17.1. The van der Waals surface area contributed by atoms with Crippen LogP contribution in [0, 0.1) is 6.92 Å². The SMILES string of the molecule is CCOC(=O)c1c(C(F)F)nc(C(F)(F)F)c(C)c1CSC. The highest BCUT2D eigenvalue weighted by Gasteiger charge is 2.39. The number of carbonyl (C=O) groups excluding carboxylic acids is 1. The molecular weight excluding hydrogens is 329 g/mol. The minimum absolute atomic E-state index is 0.0364. The zero-order valence-corrected chi connectivity index (χ0v) is 12.9. The van der Waals surface area contributed by atoms with Gasteiger partial charge in [0.05, 0.1) is 12.2 Å². The van der Waals surface area contributed by atoms with Crippen LogP contribution in [0.2, 0.25) is 0 Å². The van der Waals surface area contributed by atoms with Gasteiger partial charge in [0.1, 0.15) is 11.4 Å². The van der Waals surface area contributed by atoms with Gasteiger partial charge in [-0.3, -0.25) is 0 Å². The van der Waals surface area contributed by atoms with E-state index in [1.165, 1.54) is 6.92 Å². The monoisotopic (exact) mass is 343 g/mol. The molecule has 0 saturated carbocycles. The van der Waals surface area contributed by atoms with Crippen LogP contribution in [-0.2, 0) is 16.7 Å². The van der Waals surface area contributed by atoms with Gasteiger partial charge >= 0.3 is 12.1 Å². The third-order valence-corrected chi connectivity index (χ3v) is 3.42. The fourth-order valence-electron chi connectivity index (χ4n) is 1.93. The average Bonchev–Trinajstić information content (AvgIpc) is 2.39. The van der Waals surface area contributed by atoms with Gasteiger partial charge < -0.3 is 4.74 Å². The standard InChI is InChI=1S/C13H14F5NO2S/c1-4-21-12(20)8-7(5-22-3)6(2)10(13(16,17)18)19-9(8)11(14)15/h11H,4-5H2,1-3H3. The molecule has 9 heteroatoms. The summed E-state index contributed by atoms with van der Waals surface area (Å²) < 4.78 is 69.8. The summed E-state index contributed by atoms with van der Waals surface area (Å²) in [5.41, 5.74) is -3.63. The highest BCUT2D eigenvalue weighted by molar-refractivity contribution is 7.97. The van der Waals surface area contributed by atoms with Crippen LogP contribution in [-0.4, -0.2) is 23.8 Å². The molecule has 0 atom stereocenters. The predicted octanol–water partition coefficient (Wildman–Crippen LogP) is 4.39. The lowest BCUT2D eigenvalue weighted by atomic mass is 9.99. The lowest BCUT2D eigenvalue weighted by molar-refractivity contribution is -0.142. The molecule has 1 aromatic heterocycles. The molecule has 0 bridgehead atoms. The maximum absolute atomic E-state index is 13.1. The fraction of sp³-hybridized carbons (Fsp3) is 0.538. The largest absolute Gasteiger partial charge is 0.462 e. The summed E-state index contributed by atoms with van der Waals surface area (Å²) in [5.74, 6) is -1.13. The van der Waals surface area contributed by atoms with Gasteiger partial charge in [-0.2, -0.15) is 24.9 Å². The van der Waals surface area contributed by atoms with Crippen molar-refractivity contribution in [3.8, 4) is 0 Å². The molecule has 3 nitrogen and oxygen atoms in total. The van der Waals surface area contributed by atoms with Crippen LogP contribution in [0.3, 0.4) is 0 Å². The maximum atomic E-state index is 13.1. The molecule has 0 unspecified atom stereocenters. The summed E-state index contributed by atoms with van der Waals surface area (Å²) in [6, 6.07) is 0. The first-order valence-corrected chi connectivity index (χ1v) is 7.59. The minimum atomic E-state index is -4.88. The quantitative estimate of drug-likeness (QED) is 0.587. The Morgan fingerprint density at radius 1 is 1.36 bits per heavy atom. The van der Waals surface area contributed by atoms with Gasteiger partial charge in [-0.25, -0.2) is 18.6 Å². The van der Waals surface area contributed by atoms with E-state index in [2.05, 4.69) is 9.72 Å². The normalized spacial score (nSPS) is 11.9. The van der Waals surface area contributed by atoms with E-state index < -0.39 is 35.5 Å². The van der Waals surface area contributed by atoms with Crippen molar-refractivity contribution in [2.24, 2.45) is 0 Å². The van der Waals surface area contributed by atoms with Gasteiger partial charge in [0.15, 0.2) is 0 Å². The molecule has 0 saturated heterocycles. The smallest absolute Gasteiger partial charge is 0.433 e. The second kappa shape index (κ2) is 7.26. The van der Waals surface area contributed by atoms with Crippen molar-refractivity contribution in [2.75, 3.05) is 12.9 Å². The van der Waals surface area contributed by atoms with Crippen molar-refractivity contribution in [3.05, 3.63) is 28.1 Å². The van der Waals surface area contributed by atoms with Crippen LogP contribution in [0.1, 0.15) is 46.2 Å². The summed E-state index contributed by atoms with van der Waals surface area (Å²) in [5, 5.41) is 0. The predicted molar refractivity (Wildman–Crippen MR) is 72.1 cm³/mol. The molecule has 0 amide bonds. The second-order valence-electron chi connectivity index (χ2n) is 4.28. The van der Waals surface area contributed by atoms with E-state index >= 15 is 0 Å². The number of thioether (sulfide) groups is 1. The number of pyridine rings is 1. The molecule has 0 aromatic carbocycles. The lowest BCUT2D eigenvalue weighted by Crippen LogP contribution is -2.20. The number of esters is 1. The molecule has 0 aliphatic rings. The number of nitrogens with zero attached hydrogens (tertiary/aromatic N) is 1.